The summed E-state index contributed by atoms with van der Waals surface area (Å²) in [5.41, 5.74) is 0. The second-order valence-electron chi connectivity index (χ2n) is 5.62. The van der Waals surface area contributed by atoms with Crippen molar-refractivity contribution in [2.24, 2.45) is 0 Å². The molecule has 1 aliphatic rings. The number of carbonyl (C=O) groups is 1. The molecule has 0 aromatic carbocycles. The van der Waals surface area contributed by atoms with Crippen LogP contribution in [0.2, 0.25) is 0 Å². The molecule has 22 heavy (non-hydrogen) atoms. The van der Waals surface area contributed by atoms with E-state index < -0.39 is 24.7 Å². The summed E-state index contributed by atoms with van der Waals surface area (Å²) >= 11 is 0. The Kier molecular flexibility index (Phi) is 5.16. The standard InChI is InChI=1S/C15H21F3N2O2/c1-3-11-6-7-13(22-11)10(2)19-12-5-4-8-20(14(12)21)9-15(16,17)18/h6-7,10,12,19H,3-5,8-9H2,1-2H3/t10-,12-/m1/s1. The molecule has 0 bridgehead atoms. The Morgan fingerprint density at radius 3 is 2.77 bits per heavy atom. The first kappa shape index (κ1) is 16.9. The molecule has 0 spiro atoms. The molecule has 2 rings (SSSR count). The molecule has 0 radical (unpaired) electrons. The summed E-state index contributed by atoms with van der Waals surface area (Å²) in [7, 11) is 0. The molecular formula is C15H21F3N2O2. The van der Waals surface area contributed by atoms with Crippen molar-refractivity contribution in [2.45, 2.75) is 51.4 Å². The Balaban J connectivity index is 1.97. The minimum absolute atomic E-state index is 0.158. The van der Waals surface area contributed by atoms with E-state index >= 15 is 0 Å². The van der Waals surface area contributed by atoms with Crippen molar-refractivity contribution in [3.63, 3.8) is 0 Å². The van der Waals surface area contributed by atoms with Gasteiger partial charge in [0.1, 0.15) is 18.1 Å². The number of rotatable bonds is 5. The Hall–Kier alpha value is -1.50. The smallest absolute Gasteiger partial charge is 0.406 e. The molecule has 1 aromatic rings. The van der Waals surface area contributed by atoms with Gasteiger partial charge in [-0.3, -0.25) is 10.1 Å². The zero-order valence-electron chi connectivity index (χ0n) is 12.7. The SMILES string of the molecule is CCc1ccc([C@@H](C)N[C@@H]2CCCN(CC(F)(F)F)C2=O)o1. The van der Waals surface area contributed by atoms with Crippen LogP contribution in [-0.2, 0) is 11.2 Å². The third-order valence-electron chi connectivity index (χ3n) is 3.81. The van der Waals surface area contributed by atoms with E-state index in [1.54, 1.807) is 0 Å². The first-order valence-corrected chi connectivity index (χ1v) is 7.50. The Bertz CT molecular complexity index is 513. The van der Waals surface area contributed by atoms with Crippen LogP contribution in [0.15, 0.2) is 16.5 Å². The summed E-state index contributed by atoms with van der Waals surface area (Å²) in [6.07, 6.45) is -2.49. The maximum atomic E-state index is 12.5. The summed E-state index contributed by atoms with van der Waals surface area (Å²) in [5.74, 6) is 1.05. The number of piperidine rings is 1. The van der Waals surface area contributed by atoms with E-state index in [2.05, 4.69) is 5.32 Å². The van der Waals surface area contributed by atoms with Crippen LogP contribution >= 0.6 is 0 Å². The highest BCUT2D eigenvalue weighted by atomic mass is 19.4. The predicted octanol–water partition coefficient (Wildman–Crippen LogP) is 3.05. The lowest BCUT2D eigenvalue weighted by Gasteiger charge is -2.34. The second kappa shape index (κ2) is 6.73. The number of alkyl halides is 3. The quantitative estimate of drug-likeness (QED) is 0.907. The molecule has 2 heterocycles. The lowest BCUT2D eigenvalue weighted by atomic mass is 10.0. The van der Waals surface area contributed by atoms with Crippen LogP contribution in [0, 0.1) is 0 Å². The normalized spacial score (nSPS) is 21.2. The first-order valence-electron chi connectivity index (χ1n) is 7.50. The van der Waals surface area contributed by atoms with Gasteiger partial charge in [-0.25, -0.2) is 0 Å². The number of aryl methyl sites for hydroxylation is 1. The topological polar surface area (TPSA) is 45.5 Å². The van der Waals surface area contributed by atoms with Crippen molar-refractivity contribution in [2.75, 3.05) is 13.1 Å². The van der Waals surface area contributed by atoms with Crippen molar-refractivity contribution in [1.29, 1.82) is 0 Å². The highest BCUT2D eigenvalue weighted by molar-refractivity contribution is 5.82. The average Bonchev–Trinajstić information content (AvgIpc) is 2.90. The lowest BCUT2D eigenvalue weighted by molar-refractivity contribution is -0.165. The number of amides is 1. The number of halogens is 3. The number of carbonyl (C=O) groups excluding carboxylic acids is 1. The molecule has 1 N–H and O–H groups in total. The van der Waals surface area contributed by atoms with Crippen LogP contribution < -0.4 is 5.32 Å². The minimum Gasteiger partial charge on any atom is -0.464 e. The van der Waals surface area contributed by atoms with Crippen LogP contribution in [-0.4, -0.2) is 36.1 Å². The van der Waals surface area contributed by atoms with E-state index in [-0.39, 0.29) is 12.6 Å². The van der Waals surface area contributed by atoms with Crippen molar-refractivity contribution in [3.05, 3.63) is 23.7 Å². The average molecular weight is 318 g/mol. The number of nitrogens with one attached hydrogen (secondary N) is 1. The van der Waals surface area contributed by atoms with E-state index in [9.17, 15) is 18.0 Å². The Morgan fingerprint density at radius 2 is 2.18 bits per heavy atom. The highest BCUT2D eigenvalue weighted by Crippen LogP contribution is 2.23. The van der Waals surface area contributed by atoms with Crippen molar-refractivity contribution in [3.8, 4) is 0 Å². The van der Waals surface area contributed by atoms with Crippen LogP contribution in [0.5, 0.6) is 0 Å². The molecule has 1 aliphatic heterocycles. The molecule has 0 unspecified atom stereocenters. The fraction of sp³-hybridized carbons (Fsp3) is 0.667. The van der Waals surface area contributed by atoms with Crippen molar-refractivity contribution in [1.82, 2.24) is 10.2 Å². The molecule has 0 aliphatic carbocycles. The van der Waals surface area contributed by atoms with Gasteiger partial charge in [0.05, 0.1) is 12.1 Å². The van der Waals surface area contributed by atoms with Crippen LogP contribution in [0.25, 0.3) is 0 Å². The molecule has 0 saturated carbocycles. The van der Waals surface area contributed by atoms with Gasteiger partial charge in [-0.1, -0.05) is 6.92 Å². The minimum atomic E-state index is -4.36. The Labute approximate surface area is 127 Å². The van der Waals surface area contributed by atoms with Gasteiger partial charge in [0.15, 0.2) is 0 Å². The summed E-state index contributed by atoms with van der Waals surface area (Å²) in [6, 6.07) is 2.88. The summed E-state index contributed by atoms with van der Waals surface area (Å²) in [5, 5.41) is 3.09. The summed E-state index contributed by atoms with van der Waals surface area (Å²) in [6.45, 7) is 2.79. The van der Waals surface area contributed by atoms with E-state index in [4.69, 9.17) is 4.42 Å². The van der Waals surface area contributed by atoms with E-state index in [0.29, 0.717) is 18.6 Å². The first-order chi connectivity index (χ1) is 10.3. The van der Waals surface area contributed by atoms with E-state index in [0.717, 1.165) is 17.1 Å². The van der Waals surface area contributed by atoms with Crippen LogP contribution in [0.1, 0.15) is 44.3 Å². The van der Waals surface area contributed by atoms with Gasteiger partial charge < -0.3 is 9.32 Å². The second-order valence-corrected chi connectivity index (χ2v) is 5.62. The Morgan fingerprint density at radius 1 is 1.45 bits per heavy atom. The molecule has 7 heteroatoms. The highest BCUT2D eigenvalue weighted by Gasteiger charge is 2.37. The predicted molar refractivity (Wildman–Crippen MR) is 75.3 cm³/mol. The van der Waals surface area contributed by atoms with E-state index in [1.807, 2.05) is 26.0 Å². The maximum Gasteiger partial charge on any atom is 0.406 e. The fourth-order valence-corrected chi connectivity index (χ4v) is 2.67. The van der Waals surface area contributed by atoms with E-state index in [1.165, 1.54) is 0 Å². The molecule has 2 atom stereocenters. The van der Waals surface area contributed by atoms with Gasteiger partial charge in [0.25, 0.3) is 0 Å². The van der Waals surface area contributed by atoms with Gasteiger partial charge in [-0.05, 0) is 31.9 Å². The third kappa shape index (κ3) is 4.25. The zero-order chi connectivity index (χ0) is 16.3. The third-order valence-corrected chi connectivity index (χ3v) is 3.81. The number of nitrogens with zero attached hydrogens (tertiary/aromatic N) is 1. The largest absolute Gasteiger partial charge is 0.464 e. The van der Waals surface area contributed by atoms with Crippen LogP contribution in [0.4, 0.5) is 13.2 Å². The van der Waals surface area contributed by atoms with Gasteiger partial charge in [-0.15, -0.1) is 0 Å². The molecule has 1 fully saturated rings. The number of hydrogen-bond acceptors (Lipinski definition) is 3. The van der Waals surface area contributed by atoms with Gasteiger partial charge in [-0.2, -0.15) is 13.2 Å². The van der Waals surface area contributed by atoms with Gasteiger partial charge in [0.2, 0.25) is 5.91 Å². The number of furan rings is 1. The summed E-state index contributed by atoms with van der Waals surface area (Å²) < 4.78 is 43.1. The molecule has 1 saturated heterocycles. The fourth-order valence-electron chi connectivity index (χ4n) is 2.67. The zero-order valence-corrected chi connectivity index (χ0v) is 12.7. The molecule has 1 amide bonds. The van der Waals surface area contributed by atoms with Crippen molar-refractivity contribution < 1.29 is 22.4 Å². The number of hydrogen-bond donors (Lipinski definition) is 1. The summed E-state index contributed by atoms with van der Waals surface area (Å²) in [4.78, 5) is 13.0. The molecule has 124 valence electrons. The number of likely N-dealkylation sites (tertiary alicyclic amines) is 1. The maximum absolute atomic E-state index is 12.5. The monoisotopic (exact) mass is 318 g/mol. The van der Waals surface area contributed by atoms with Crippen molar-refractivity contribution >= 4 is 5.91 Å². The lowest BCUT2D eigenvalue weighted by Crippen LogP contribution is -2.53. The molecule has 4 nitrogen and oxygen atoms in total. The molecule has 1 aromatic heterocycles. The molecular weight excluding hydrogens is 297 g/mol. The van der Waals surface area contributed by atoms with Crippen LogP contribution in [0.3, 0.4) is 0 Å². The van der Waals surface area contributed by atoms with Gasteiger partial charge >= 0.3 is 6.18 Å². The van der Waals surface area contributed by atoms with Gasteiger partial charge in [0, 0.05) is 13.0 Å².